The number of benzene rings is 2. The predicted octanol–water partition coefficient (Wildman–Crippen LogP) is 3.82. The van der Waals surface area contributed by atoms with Gasteiger partial charge in [0.2, 0.25) is 0 Å². The summed E-state index contributed by atoms with van der Waals surface area (Å²) in [7, 11) is 0. The van der Waals surface area contributed by atoms with E-state index in [0.29, 0.717) is 24.3 Å². The monoisotopic (exact) mass is 294 g/mol. The van der Waals surface area contributed by atoms with Crippen LogP contribution >= 0.6 is 0 Å². The highest BCUT2D eigenvalue weighted by Crippen LogP contribution is 2.32. The summed E-state index contributed by atoms with van der Waals surface area (Å²) >= 11 is 0. The van der Waals surface area contributed by atoms with Crippen molar-refractivity contribution < 1.29 is 23.0 Å². The molecule has 2 nitrogen and oxygen atoms in total. The number of halogens is 3. The van der Waals surface area contributed by atoms with Gasteiger partial charge in [-0.25, -0.2) is 0 Å². The molecule has 1 heterocycles. The quantitative estimate of drug-likeness (QED) is 0.912. The minimum atomic E-state index is -4.37. The van der Waals surface area contributed by atoms with E-state index in [1.165, 1.54) is 12.1 Å². The van der Waals surface area contributed by atoms with Gasteiger partial charge in [0.15, 0.2) is 0 Å². The second-order valence-electron chi connectivity index (χ2n) is 5.04. The lowest BCUT2D eigenvalue weighted by Gasteiger charge is -2.14. The first-order chi connectivity index (χ1) is 9.95. The predicted molar refractivity (Wildman–Crippen MR) is 70.4 cm³/mol. The summed E-state index contributed by atoms with van der Waals surface area (Å²) in [6, 6.07) is 10.1. The van der Waals surface area contributed by atoms with Crippen molar-refractivity contribution in [3.63, 3.8) is 0 Å². The highest BCUT2D eigenvalue weighted by molar-refractivity contribution is 5.38. The Labute approximate surface area is 119 Å². The molecule has 0 spiro atoms. The van der Waals surface area contributed by atoms with Crippen LogP contribution in [0.1, 0.15) is 33.9 Å². The minimum Gasteiger partial charge on any atom is -0.384 e. The zero-order chi connectivity index (χ0) is 15.0. The zero-order valence-electron chi connectivity index (χ0n) is 11.0. The smallest absolute Gasteiger partial charge is 0.384 e. The van der Waals surface area contributed by atoms with Crippen LogP contribution in [0.2, 0.25) is 0 Å². The van der Waals surface area contributed by atoms with Crippen molar-refractivity contribution in [2.45, 2.75) is 25.5 Å². The molecule has 1 unspecified atom stereocenters. The third-order valence-electron chi connectivity index (χ3n) is 3.61. The van der Waals surface area contributed by atoms with Crippen LogP contribution in [0.25, 0.3) is 0 Å². The van der Waals surface area contributed by atoms with Crippen molar-refractivity contribution in [2.24, 2.45) is 0 Å². The zero-order valence-corrected chi connectivity index (χ0v) is 11.0. The molecule has 3 rings (SSSR count). The van der Waals surface area contributed by atoms with E-state index in [1.54, 1.807) is 6.07 Å². The fourth-order valence-corrected chi connectivity index (χ4v) is 2.41. The molecule has 21 heavy (non-hydrogen) atoms. The van der Waals surface area contributed by atoms with E-state index in [-0.39, 0.29) is 0 Å². The Balaban J connectivity index is 1.86. The van der Waals surface area contributed by atoms with Crippen molar-refractivity contribution in [1.82, 2.24) is 0 Å². The van der Waals surface area contributed by atoms with Crippen LogP contribution in [0, 0.1) is 0 Å². The Hall–Kier alpha value is -1.85. The van der Waals surface area contributed by atoms with Crippen molar-refractivity contribution in [3.8, 4) is 0 Å². The van der Waals surface area contributed by atoms with Gasteiger partial charge >= 0.3 is 6.18 Å². The molecule has 5 heteroatoms. The summed E-state index contributed by atoms with van der Waals surface area (Å²) < 4.78 is 42.9. The van der Waals surface area contributed by atoms with Crippen LogP contribution in [-0.2, 0) is 24.1 Å². The van der Waals surface area contributed by atoms with Gasteiger partial charge in [0, 0.05) is 0 Å². The first-order valence-corrected chi connectivity index (χ1v) is 6.50. The van der Waals surface area contributed by atoms with Crippen LogP contribution in [0.15, 0.2) is 42.5 Å². The van der Waals surface area contributed by atoms with Gasteiger partial charge in [-0.1, -0.05) is 30.3 Å². The van der Waals surface area contributed by atoms with Crippen molar-refractivity contribution in [3.05, 3.63) is 70.3 Å². The Kier molecular flexibility index (Phi) is 3.47. The summed E-state index contributed by atoms with van der Waals surface area (Å²) in [5, 5.41) is 10.3. The van der Waals surface area contributed by atoms with E-state index < -0.39 is 17.8 Å². The van der Waals surface area contributed by atoms with E-state index in [2.05, 4.69) is 0 Å². The largest absolute Gasteiger partial charge is 0.416 e. The topological polar surface area (TPSA) is 29.5 Å². The van der Waals surface area contributed by atoms with Crippen LogP contribution in [0.3, 0.4) is 0 Å². The number of aliphatic hydroxyl groups excluding tert-OH is 1. The molecule has 0 saturated carbocycles. The molecule has 0 radical (unpaired) electrons. The van der Waals surface area contributed by atoms with Crippen LogP contribution < -0.4 is 0 Å². The number of hydrogen-bond donors (Lipinski definition) is 1. The van der Waals surface area contributed by atoms with Gasteiger partial charge in [-0.15, -0.1) is 0 Å². The Morgan fingerprint density at radius 3 is 2.19 bits per heavy atom. The second-order valence-corrected chi connectivity index (χ2v) is 5.04. The van der Waals surface area contributed by atoms with Gasteiger partial charge in [-0.05, 0) is 34.4 Å². The van der Waals surface area contributed by atoms with Crippen molar-refractivity contribution >= 4 is 0 Å². The SMILES string of the molecule is OC(c1ccc(C(F)(F)F)cc1)c1ccc2c(c1)COC2. The van der Waals surface area contributed by atoms with Crippen LogP contribution in [0.5, 0.6) is 0 Å². The van der Waals surface area contributed by atoms with E-state index in [4.69, 9.17) is 4.74 Å². The third kappa shape index (κ3) is 2.80. The normalized spacial score (nSPS) is 15.8. The Morgan fingerprint density at radius 1 is 0.905 bits per heavy atom. The Bertz CT molecular complexity index is 648. The highest BCUT2D eigenvalue weighted by Gasteiger charge is 2.30. The standard InChI is InChI=1S/C16H13F3O2/c17-16(18,19)14-5-3-10(4-6-14)15(20)11-1-2-12-8-21-9-13(12)7-11/h1-7,15,20H,8-9H2. The maximum atomic E-state index is 12.5. The second kappa shape index (κ2) is 5.16. The molecule has 110 valence electrons. The van der Waals surface area contributed by atoms with Gasteiger partial charge in [0.25, 0.3) is 0 Å². The maximum absolute atomic E-state index is 12.5. The fourth-order valence-electron chi connectivity index (χ4n) is 2.41. The lowest BCUT2D eigenvalue weighted by Crippen LogP contribution is -2.06. The summed E-state index contributed by atoms with van der Waals surface area (Å²) in [5.74, 6) is 0. The lowest BCUT2D eigenvalue weighted by molar-refractivity contribution is -0.137. The summed E-state index contributed by atoms with van der Waals surface area (Å²) in [5.41, 5.74) is 2.46. The minimum absolute atomic E-state index is 0.432. The van der Waals surface area contributed by atoms with E-state index in [1.807, 2.05) is 12.1 Å². The average Bonchev–Trinajstić information content (AvgIpc) is 2.93. The molecule has 0 aromatic heterocycles. The molecule has 1 N–H and O–H groups in total. The van der Waals surface area contributed by atoms with Crippen molar-refractivity contribution in [2.75, 3.05) is 0 Å². The van der Waals surface area contributed by atoms with Crippen LogP contribution in [-0.4, -0.2) is 5.11 Å². The molecule has 1 aliphatic rings. The van der Waals surface area contributed by atoms with E-state index >= 15 is 0 Å². The van der Waals surface area contributed by atoms with Gasteiger partial charge in [0.05, 0.1) is 18.8 Å². The fraction of sp³-hybridized carbons (Fsp3) is 0.250. The van der Waals surface area contributed by atoms with Gasteiger partial charge < -0.3 is 9.84 Å². The molecule has 1 aliphatic heterocycles. The third-order valence-corrected chi connectivity index (χ3v) is 3.61. The highest BCUT2D eigenvalue weighted by atomic mass is 19.4. The molecular weight excluding hydrogens is 281 g/mol. The Morgan fingerprint density at radius 2 is 1.52 bits per heavy atom. The first kappa shape index (κ1) is 14.1. The van der Waals surface area contributed by atoms with Gasteiger partial charge in [-0.3, -0.25) is 0 Å². The maximum Gasteiger partial charge on any atom is 0.416 e. The number of hydrogen-bond acceptors (Lipinski definition) is 2. The first-order valence-electron chi connectivity index (χ1n) is 6.50. The van der Waals surface area contributed by atoms with Gasteiger partial charge in [0.1, 0.15) is 6.10 Å². The van der Waals surface area contributed by atoms with Gasteiger partial charge in [-0.2, -0.15) is 13.2 Å². The molecule has 0 aliphatic carbocycles. The summed E-state index contributed by atoms with van der Waals surface area (Å²) in [6.07, 6.45) is -5.31. The summed E-state index contributed by atoms with van der Waals surface area (Å²) in [4.78, 5) is 0. The van der Waals surface area contributed by atoms with Crippen LogP contribution in [0.4, 0.5) is 13.2 Å². The van der Waals surface area contributed by atoms with Crippen molar-refractivity contribution in [1.29, 1.82) is 0 Å². The molecular formula is C16H13F3O2. The molecule has 2 aromatic carbocycles. The average molecular weight is 294 g/mol. The van der Waals surface area contributed by atoms with E-state index in [9.17, 15) is 18.3 Å². The molecule has 0 saturated heterocycles. The summed E-state index contributed by atoms with van der Waals surface area (Å²) in [6.45, 7) is 1.06. The number of alkyl halides is 3. The molecule has 0 fully saturated rings. The number of rotatable bonds is 2. The molecule has 0 bridgehead atoms. The number of ether oxygens (including phenoxy) is 1. The van der Waals surface area contributed by atoms with E-state index in [0.717, 1.165) is 23.3 Å². The molecule has 2 aromatic rings. The molecule has 1 atom stereocenters. The number of fused-ring (bicyclic) bond motifs is 1. The lowest BCUT2D eigenvalue weighted by atomic mass is 9.97. The number of aliphatic hydroxyl groups is 1. The molecule has 0 amide bonds.